The van der Waals surface area contributed by atoms with E-state index >= 15 is 0 Å². The maximum atomic E-state index is 12.6. The summed E-state index contributed by atoms with van der Waals surface area (Å²) in [5.41, 5.74) is 1.30. The highest BCUT2D eigenvalue weighted by Crippen LogP contribution is 2.30. The molecule has 0 saturated heterocycles. The Morgan fingerprint density at radius 1 is 1.15 bits per heavy atom. The van der Waals surface area contributed by atoms with Crippen molar-refractivity contribution in [3.05, 3.63) is 46.0 Å². The molecule has 8 heteroatoms. The first-order chi connectivity index (χ1) is 12.5. The van der Waals surface area contributed by atoms with Crippen LogP contribution in [0.4, 0.5) is 5.13 Å². The number of hydrogen-bond acceptors (Lipinski definition) is 6. The standard InChI is InChI=1S/C18H15N3O4S/c1-9(21-16(24)10-5-2-3-6-11(10)17(21)25)15(23)20-18-19-12-7-4-8-13(22)14(12)26-18/h2-3,5-6,9H,4,7-8H2,1H3,(H,19,20,23). The summed E-state index contributed by atoms with van der Waals surface area (Å²) in [4.78, 5) is 55.3. The lowest BCUT2D eigenvalue weighted by molar-refractivity contribution is -0.119. The van der Waals surface area contributed by atoms with E-state index in [2.05, 4.69) is 10.3 Å². The number of benzene rings is 1. The first-order valence-corrected chi connectivity index (χ1v) is 9.09. The van der Waals surface area contributed by atoms with Gasteiger partial charge in [0.2, 0.25) is 5.91 Å². The van der Waals surface area contributed by atoms with E-state index in [4.69, 9.17) is 0 Å². The van der Waals surface area contributed by atoms with Crippen LogP contribution >= 0.6 is 11.3 Å². The van der Waals surface area contributed by atoms with Crippen molar-refractivity contribution >= 4 is 40.0 Å². The largest absolute Gasteiger partial charge is 0.300 e. The molecular formula is C18H15N3O4S. The number of hydrogen-bond donors (Lipinski definition) is 1. The number of aromatic nitrogens is 1. The molecule has 2 heterocycles. The van der Waals surface area contributed by atoms with Crippen LogP contribution in [0.15, 0.2) is 24.3 Å². The molecule has 4 rings (SSSR count). The lowest BCUT2D eigenvalue weighted by Crippen LogP contribution is -2.45. The fraction of sp³-hybridized carbons (Fsp3) is 0.278. The Morgan fingerprint density at radius 2 is 1.81 bits per heavy atom. The van der Waals surface area contributed by atoms with Gasteiger partial charge in [-0.05, 0) is 31.9 Å². The molecular weight excluding hydrogens is 354 g/mol. The average Bonchev–Trinajstić information content (AvgIpc) is 3.15. The number of ketones is 1. The number of Topliss-reactive ketones (excluding diaryl/α,β-unsaturated/α-hetero) is 1. The summed E-state index contributed by atoms with van der Waals surface area (Å²) in [5.74, 6) is -1.44. The van der Waals surface area contributed by atoms with Crippen LogP contribution in [0.3, 0.4) is 0 Å². The average molecular weight is 369 g/mol. The molecule has 0 bridgehead atoms. The maximum absolute atomic E-state index is 12.6. The van der Waals surface area contributed by atoms with Crippen molar-refractivity contribution in [2.24, 2.45) is 0 Å². The van der Waals surface area contributed by atoms with Gasteiger partial charge in [-0.2, -0.15) is 0 Å². The number of nitrogens with one attached hydrogen (secondary N) is 1. The molecule has 1 aliphatic carbocycles. The number of anilines is 1. The highest BCUT2D eigenvalue weighted by Gasteiger charge is 2.40. The third kappa shape index (κ3) is 2.53. The number of carbonyl (C=O) groups excluding carboxylic acids is 4. The van der Waals surface area contributed by atoms with Crippen molar-refractivity contribution in [3.63, 3.8) is 0 Å². The molecule has 7 nitrogen and oxygen atoms in total. The first-order valence-electron chi connectivity index (χ1n) is 8.28. The summed E-state index contributed by atoms with van der Waals surface area (Å²) in [7, 11) is 0. The van der Waals surface area contributed by atoms with Crippen molar-refractivity contribution in [3.8, 4) is 0 Å². The van der Waals surface area contributed by atoms with E-state index < -0.39 is 23.8 Å². The van der Waals surface area contributed by atoms with Crippen LogP contribution in [0.1, 0.15) is 55.8 Å². The number of rotatable bonds is 3. The minimum atomic E-state index is -0.987. The smallest absolute Gasteiger partial charge is 0.262 e. The maximum Gasteiger partial charge on any atom is 0.262 e. The van der Waals surface area contributed by atoms with Gasteiger partial charge in [0.15, 0.2) is 10.9 Å². The second-order valence-electron chi connectivity index (χ2n) is 6.26. The third-order valence-corrected chi connectivity index (χ3v) is 5.64. The van der Waals surface area contributed by atoms with Crippen LogP contribution in [0.25, 0.3) is 0 Å². The van der Waals surface area contributed by atoms with Crippen molar-refractivity contribution in [2.75, 3.05) is 5.32 Å². The number of thiazole rings is 1. The first kappa shape index (κ1) is 16.6. The predicted octanol–water partition coefficient (Wildman–Crippen LogP) is 2.29. The Labute approximate surface area is 153 Å². The van der Waals surface area contributed by atoms with E-state index in [-0.39, 0.29) is 5.78 Å². The molecule has 132 valence electrons. The summed E-state index contributed by atoms with van der Waals surface area (Å²) in [6.07, 6.45) is 1.96. The highest BCUT2D eigenvalue weighted by atomic mass is 32.1. The number of nitrogens with zero attached hydrogens (tertiary/aromatic N) is 2. The van der Waals surface area contributed by atoms with Gasteiger partial charge >= 0.3 is 0 Å². The van der Waals surface area contributed by atoms with Crippen molar-refractivity contribution in [1.82, 2.24) is 9.88 Å². The van der Waals surface area contributed by atoms with E-state index in [1.165, 1.54) is 6.92 Å². The van der Waals surface area contributed by atoms with Crippen LogP contribution in [-0.2, 0) is 11.2 Å². The van der Waals surface area contributed by atoms with Gasteiger partial charge in [-0.15, -0.1) is 0 Å². The molecule has 0 fully saturated rings. The second-order valence-corrected chi connectivity index (χ2v) is 7.26. The van der Waals surface area contributed by atoms with Gasteiger partial charge in [0.1, 0.15) is 6.04 Å². The third-order valence-electron chi connectivity index (χ3n) is 4.59. The summed E-state index contributed by atoms with van der Waals surface area (Å²) < 4.78 is 0. The van der Waals surface area contributed by atoms with Gasteiger partial charge in [0.25, 0.3) is 11.8 Å². The molecule has 0 radical (unpaired) electrons. The summed E-state index contributed by atoms with van der Waals surface area (Å²) >= 11 is 1.14. The van der Waals surface area contributed by atoms with Gasteiger partial charge in [0, 0.05) is 6.42 Å². The zero-order valence-corrected chi connectivity index (χ0v) is 14.8. The van der Waals surface area contributed by atoms with Gasteiger partial charge in [-0.1, -0.05) is 23.5 Å². The Hall–Kier alpha value is -2.87. The predicted molar refractivity (Wildman–Crippen MR) is 94.4 cm³/mol. The van der Waals surface area contributed by atoms with E-state index in [9.17, 15) is 19.2 Å². The SMILES string of the molecule is CC(C(=O)Nc1nc2c(s1)C(=O)CCC2)N1C(=O)c2ccccc2C1=O. The van der Waals surface area contributed by atoms with Crippen LogP contribution in [0.2, 0.25) is 0 Å². The van der Waals surface area contributed by atoms with Crippen molar-refractivity contribution < 1.29 is 19.2 Å². The number of carbonyl (C=O) groups is 4. The molecule has 2 aromatic rings. The molecule has 3 amide bonds. The summed E-state index contributed by atoms with van der Waals surface area (Å²) in [5, 5.41) is 2.95. The van der Waals surface area contributed by atoms with Crippen LogP contribution < -0.4 is 5.32 Å². The summed E-state index contributed by atoms with van der Waals surface area (Å²) in [6, 6.07) is 5.51. The Bertz CT molecular complexity index is 930. The van der Waals surface area contributed by atoms with Crippen molar-refractivity contribution in [1.29, 1.82) is 0 Å². The number of amides is 3. The second kappa shape index (κ2) is 6.14. The van der Waals surface area contributed by atoms with Crippen LogP contribution in [0, 0.1) is 0 Å². The highest BCUT2D eigenvalue weighted by molar-refractivity contribution is 7.17. The summed E-state index contributed by atoms with van der Waals surface area (Å²) in [6.45, 7) is 1.50. The lowest BCUT2D eigenvalue weighted by Gasteiger charge is -2.21. The number of aryl methyl sites for hydroxylation is 1. The van der Waals surface area contributed by atoms with E-state index in [0.717, 1.165) is 22.7 Å². The van der Waals surface area contributed by atoms with Crippen LogP contribution in [0.5, 0.6) is 0 Å². The Morgan fingerprint density at radius 3 is 2.42 bits per heavy atom. The van der Waals surface area contributed by atoms with E-state index in [1.54, 1.807) is 24.3 Å². The molecule has 1 N–H and O–H groups in total. The van der Waals surface area contributed by atoms with E-state index in [1.807, 2.05) is 0 Å². The molecule has 1 unspecified atom stereocenters. The molecule has 1 atom stereocenters. The molecule has 0 saturated carbocycles. The molecule has 1 aromatic heterocycles. The van der Waals surface area contributed by atoms with Gasteiger partial charge < -0.3 is 5.32 Å². The van der Waals surface area contributed by atoms with Gasteiger partial charge in [-0.25, -0.2) is 4.98 Å². The fourth-order valence-electron chi connectivity index (χ4n) is 3.21. The number of fused-ring (bicyclic) bond motifs is 2. The van der Waals surface area contributed by atoms with Gasteiger partial charge in [0.05, 0.1) is 21.7 Å². The quantitative estimate of drug-likeness (QED) is 0.838. The molecule has 2 aliphatic rings. The van der Waals surface area contributed by atoms with Crippen LogP contribution in [-0.4, -0.2) is 39.4 Å². The fourth-order valence-corrected chi connectivity index (χ4v) is 4.19. The minimum absolute atomic E-state index is 0.0395. The zero-order valence-electron chi connectivity index (χ0n) is 13.9. The topological polar surface area (TPSA) is 96.4 Å². The lowest BCUT2D eigenvalue weighted by atomic mass is 10.0. The normalized spacial score (nSPS) is 17.1. The zero-order chi connectivity index (χ0) is 18.4. The Kier molecular flexibility index (Phi) is 3.91. The number of imide groups is 1. The molecule has 0 spiro atoms. The monoisotopic (exact) mass is 369 g/mol. The Balaban J connectivity index is 1.53. The minimum Gasteiger partial charge on any atom is -0.300 e. The molecule has 1 aliphatic heterocycles. The van der Waals surface area contributed by atoms with Gasteiger partial charge in [-0.3, -0.25) is 24.1 Å². The van der Waals surface area contributed by atoms with E-state index in [0.29, 0.717) is 39.7 Å². The molecule has 1 aromatic carbocycles. The molecule has 26 heavy (non-hydrogen) atoms. The van der Waals surface area contributed by atoms with Crippen molar-refractivity contribution in [2.45, 2.75) is 32.2 Å².